The van der Waals surface area contributed by atoms with Gasteiger partial charge in [-0.15, -0.1) is 0 Å². The summed E-state index contributed by atoms with van der Waals surface area (Å²) < 4.78 is 18.2. The van der Waals surface area contributed by atoms with Crippen LogP contribution in [0.2, 0.25) is 0 Å². The lowest BCUT2D eigenvalue weighted by molar-refractivity contribution is 0.413. The molecule has 3 N–H and O–H groups in total. The quantitative estimate of drug-likeness (QED) is 0.841. The minimum Gasteiger partial charge on any atom is -0.494 e. The van der Waals surface area contributed by atoms with Crippen LogP contribution in [0.25, 0.3) is 0 Å². The van der Waals surface area contributed by atoms with E-state index in [1.807, 2.05) is 0 Å². The molecule has 0 saturated carbocycles. The number of rotatable bonds is 4. The molecule has 1 aromatic carbocycles. The molecular weight excluding hydrogens is 265 g/mol. The van der Waals surface area contributed by atoms with Crippen LogP contribution in [0.15, 0.2) is 36.5 Å². The molecule has 0 amide bonds. The summed E-state index contributed by atoms with van der Waals surface area (Å²) >= 11 is 4.87. The van der Waals surface area contributed by atoms with Crippen LogP contribution in [-0.4, -0.2) is 17.1 Å². The highest BCUT2D eigenvalue weighted by Crippen LogP contribution is 2.28. The number of hydrogen-bond acceptors (Lipinski definition) is 4. The van der Waals surface area contributed by atoms with Gasteiger partial charge in [0.2, 0.25) is 0 Å². The second-order valence-electron chi connectivity index (χ2n) is 3.76. The van der Waals surface area contributed by atoms with E-state index >= 15 is 0 Å². The molecule has 0 radical (unpaired) electrons. The number of nitrogens with one attached hydrogen (secondary N) is 1. The zero-order chi connectivity index (χ0) is 13.8. The monoisotopic (exact) mass is 277 g/mol. The predicted molar refractivity (Wildman–Crippen MR) is 76.4 cm³/mol. The van der Waals surface area contributed by atoms with Gasteiger partial charge in [0.1, 0.15) is 16.6 Å². The minimum atomic E-state index is -0.360. The molecule has 0 aliphatic heterocycles. The summed E-state index contributed by atoms with van der Waals surface area (Å²) in [6.45, 7) is 0. The highest BCUT2D eigenvalue weighted by Gasteiger charge is 2.06. The van der Waals surface area contributed by atoms with Crippen LogP contribution in [-0.2, 0) is 0 Å². The van der Waals surface area contributed by atoms with Crippen molar-refractivity contribution < 1.29 is 9.13 Å². The molecule has 1 aromatic heterocycles. The Morgan fingerprint density at radius 3 is 2.84 bits per heavy atom. The lowest BCUT2D eigenvalue weighted by Crippen LogP contribution is -2.11. The molecular formula is C13H12FN3OS. The van der Waals surface area contributed by atoms with E-state index in [1.165, 1.54) is 19.2 Å². The lowest BCUT2D eigenvalue weighted by Gasteiger charge is -2.11. The maximum atomic E-state index is 13.1. The number of halogens is 1. The molecule has 0 unspecified atom stereocenters. The summed E-state index contributed by atoms with van der Waals surface area (Å²) in [6.07, 6.45) is 1.59. The van der Waals surface area contributed by atoms with Crippen molar-refractivity contribution in [3.05, 3.63) is 48.0 Å². The number of methoxy groups -OCH3 is 1. The van der Waals surface area contributed by atoms with Crippen LogP contribution in [0, 0.1) is 5.82 Å². The second-order valence-corrected chi connectivity index (χ2v) is 4.20. The van der Waals surface area contributed by atoms with Gasteiger partial charge in [-0.25, -0.2) is 4.39 Å². The van der Waals surface area contributed by atoms with Gasteiger partial charge in [-0.3, -0.25) is 4.98 Å². The molecule has 2 aromatic rings. The third kappa shape index (κ3) is 3.17. The van der Waals surface area contributed by atoms with Crippen molar-refractivity contribution in [2.24, 2.45) is 5.73 Å². The first-order valence-corrected chi connectivity index (χ1v) is 5.87. The van der Waals surface area contributed by atoms with E-state index in [-0.39, 0.29) is 10.8 Å². The summed E-state index contributed by atoms with van der Waals surface area (Å²) in [4.78, 5) is 4.26. The summed E-state index contributed by atoms with van der Waals surface area (Å²) in [6, 6.07) is 7.71. The first-order valence-electron chi connectivity index (χ1n) is 5.46. The highest BCUT2D eigenvalue weighted by molar-refractivity contribution is 7.80. The molecule has 0 atom stereocenters. The topological polar surface area (TPSA) is 60.2 Å². The average Bonchev–Trinajstić information content (AvgIpc) is 2.41. The molecule has 0 saturated heterocycles. The Morgan fingerprint density at radius 1 is 1.37 bits per heavy atom. The van der Waals surface area contributed by atoms with Gasteiger partial charge in [0, 0.05) is 18.0 Å². The van der Waals surface area contributed by atoms with E-state index in [0.717, 1.165) is 5.69 Å². The van der Waals surface area contributed by atoms with E-state index < -0.39 is 0 Å². The average molecular weight is 277 g/mol. The summed E-state index contributed by atoms with van der Waals surface area (Å²) in [5, 5.41) is 3.10. The Morgan fingerprint density at radius 2 is 2.16 bits per heavy atom. The molecule has 0 aliphatic carbocycles. The number of pyridine rings is 1. The van der Waals surface area contributed by atoms with Gasteiger partial charge in [-0.1, -0.05) is 12.2 Å². The Balaban J connectivity index is 2.30. The number of nitrogens with zero attached hydrogens (tertiary/aromatic N) is 1. The summed E-state index contributed by atoms with van der Waals surface area (Å²) in [5.41, 5.74) is 7.41. The number of nitrogens with two attached hydrogens (primary N) is 1. The highest BCUT2D eigenvalue weighted by atomic mass is 32.1. The molecule has 0 aliphatic rings. The first kappa shape index (κ1) is 13.2. The number of anilines is 2. The molecule has 4 nitrogen and oxygen atoms in total. The zero-order valence-electron chi connectivity index (χ0n) is 10.2. The molecule has 98 valence electrons. The smallest absolute Gasteiger partial charge is 0.145 e. The fourth-order valence-electron chi connectivity index (χ4n) is 1.57. The van der Waals surface area contributed by atoms with Crippen molar-refractivity contribution in [2.45, 2.75) is 0 Å². The van der Waals surface area contributed by atoms with Crippen molar-refractivity contribution >= 4 is 28.6 Å². The van der Waals surface area contributed by atoms with Crippen molar-refractivity contribution in [3.63, 3.8) is 0 Å². The van der Waals surface area contributed by atoms with E-state index in [4.69, 9.17) is 22.7 Å². The van der Waals surface area contributed by atoms with E-state index in [1.54, 1.807) is 24.4 Å². The lowest BCUT2D eigenvalue weighted by atomic mass is 10.2. The van der Waals surface area contributed by atoms with Gasteiger partial charge in [-0.05, 0) is 24.3 Å². The van der Waals surface area contributed by atoms with E-state index in [0.29, 0.717) is 17.1 Å². The fourth-order valence-corrected chi connectivity index (χ4v) is 1.68. The van der Waals surface area contributed by atoms with Gasteiger partial charge in [0.25, 0.3) is 0 Å². The normalized spacial score (nSPS) is 10.0. The van der Waals surface area contributed by atoms with Gasteiger partial charge < -0.3 is 15.8 Å². The molecule has 6 heteroatoms. The van der Waals surface area contributed by atoms with Crippen molar-refractivity contribution in [2.75, 3.05) is 12.4 Å². The Kier molecular flexibility index (Phi) is 3.91. The first-order chi connectivity index (χ1) is 9.10. The van der Waals surface area contributed by atoms with Crippen molar-refractivity contribution in [3.8, 4) is 5.75 Å². The number of ether oxygens (including phenoxy) is 1. The van der Waals surface area contributed by atoms with Gasteiger partial charge >= 0.3 is 0 Å². The number of hydrogen-bond donors (Lipinski definition) is 2. The molecule has 0 bridgehead atoms. The van der Waals surface area contributed by atoms with Crippen LogP contribution in [0.5, 0.6) is 5.75 Å². The van der Waals surface area contributed by atoms with E-state index in [9.17, 15) is 4.39 Å². The van der Waals surface area contributed by atoms with Crippen LogP contribution in [0.3, 0.4) is 0 Å². The van der Waals surface area contributed by atoms with Crippen LogP contribution >= 0.6 is 12.2 Å². The van der Waals surface area contributed by atoms with Crippen LogP contribution in [0.1, 0.15) is 5.69 Å². The van der Waals surface area contributed by atoms with Crippen LogP contribution < -0.4 is 15.8 Å². The third-order valence-corrected chi connectivity index (χ3v) is 2.66. The van der Waals surface area contributed by atoms with E-state index in [2.05, 4.69) is 10.3 Å². The zero-order valence-corrected chi connectivity index (χ0v) is 11.0. The Bertz CT molecular complexity index is 619. The van der Waals surface area contributed by atoms with Gasteiger partial charge in [-0.2, -0.15) is 0 Å². The maximum absolute atomic E-state index is 13.1. The number of benzene rings is 1. The number of aromatic nitrogens is 1. The maximum Gasteiger partial charge on any atom is 0.145 e. The standard InChI is InChI=1S/C13H12FN3OS/c1-18-12-6-8(14)2-3-10(12)17-9-4-5-16-11(7-9)13(15)19/h2-7H,1H3,(H2,15,19)(H,16,17). The van der Waals surface area contributed by atoms with Crippen LogP contribution in [0.4, 0.5) is 15.8 Å². The number of thiocarbonyl (C=S) groups is 1. The van der Waals surface area contributed by atoms with Crippen molar-refractivity contribution in [1.82, 2.24) is 4.98 Å². The summed E-state index contributed by atoms with van der Waals surface area (Å²) in [7, 11) is 1.48. The van der Waals surface area contributed by atoms with Gasteiger partial charge in [0.05, 0.1) is 18.5 Å². The molecule has 2 rings (SSSR count). The third-order valence-electron chi connectivity index (χ3n) is 2.45. The minimum absolute atomic E-state index is 0.217. The molecule has 0 spiro atoms. The molecule has 19 heavy (non-hydrogen) atoms. The molecule has 0 fully saturated rings. The van der Waals surface area contributed by atoms with Gasteiger partial charge in [0.15, 0.2) is 0 Å². The summed E-state index contributed by atoms with van der Waals surface area (Å²) in [5.74, 6) is 0.0506. The largest absolute Gasteiger partial charge is 0.494 e. The predicted octanol–water partition coefficient (Wildman–Crippen LogP) is 2.61. The SMILES string of the molecule is COc1cc(F)ccc1Nc1ccnc(C(N)=S)c1. The second kappa shape index (κ2) is 5.62. The Labute approximate surface area is 115 Å². The van der Waals surface area contributed by atoms with Crippen molar-refractivity contribution in [1.29, 1.82) is 0 Å². The fraction of sp³-hybridized carbons (Fsp3) is 0.0769. The Hall–Kier alpha value is -2.21. The molecule has 1 heterocycles.